The maximum atomic E-state index is 12.9. The third kappa shape index (κ3) is 4.16. The van der Waals surface area contributed by atoms with Gasteiger partial charge in [0, 0.05) is 32.2 Å². The average molecular weight is 414 g/mol. The lowest BCUT2D eigenvalue weighted by molar-refractivity contribution is -0.134. The number of nitrogens with one attached hydrogen (secondary N) is 1. The van der Waals surface area contributed by atoms with Gasteiger partial charge in [-0.1, -0.05) is 31.0 Å². The summed E-state index contributed by atoms with van der Waals surface area (Å²) in [6.45, 7) is 1.67. The van der Waals surface area contributed by atoms with Crippen LogP contribution in [0.1, 0.15) is 32.1 Å². The number of hydrogen-bond donors (Lipinski definition) is 1. The molecule has 3 unspecified atom stereocenters. The van der Waals surface area contributed by atoms with Gasteiger partial charge in [0.05, 0.1) is 10.9 Å². The van der Waals surface area contributed by atoms with Gasteiger partial charge in [-0.05, 0) is 37.3 Å². The van der Waals surface area contributed by atoms with E-state index in [1.165, 1.54) is 30.0 Å². The van der Waals surface area contributed by atoms with Gasteiger partial charge in [0.1, 0.15) is 0 Å². The molecule has 1 aliphatic carbocycles. The number of piperazine rings is 1. The Labute approximate surface area is 167 Å². The van der Waals surface area contributed by atoms with E-state index in [-0.39, 0.29) is 24.4 Å². The largest absolute Gasteiger partial charge is 0.339 e. The molecule has 3 aliphatic rings. The minimum atomic E-state index is -3.47. The summed E-state index contributed by atoms with van der Waals surface area (Å²) in [5.74, 6) is 0.786. The summed E-state index contributed by atoms with van der Waals surface area (Å²) in [5.41, 5.74) is 0. The van der Waals surface area contributed by atoms with Crippen LogP contribution < -0.4 is 5.32 Å². The van der Waals surface area contributed by atoms with Crippen LogP contribution in [0.25, 0.3) is 0 Å². The highest BCUT2D eigenvalue weighted by molar-refractivity contribution is 7.89. The molecule has 150 valence electrons. The van der Waals surface area contributed by atoms with Crippen LogP contribution >= 0.6 is 12.4 Å². The van der Waals surface area contributed by atoms with E-state index in [0.717, 1.165) is 6.42 Å². The molecule has 3 atom stereocenters. The van der Waals surface area contributed by atoms with Gasteiger partial charge in [0.15, 0.2) is 0 Å². The van der Waals surface area contributed by atoms with Crippen LogP contribution in [0.2, 0.25) is 0 Å². The van der Waals surface area contributed by atoms with E-state index in [4.69, 9.17) is 0 Å². The monoisotopic (exact) mass is 413 g/mol. The van der Waals surface area contributed by atoms with Crippen molar-refractivity contribution in [3.8, 4) is 0 Å². The second kappa shape index (κ2) is 8.47. The summed E-state index contributed by atoms with van der Waals surface area (Å²) in [7, 11) is -3.47. The van der Waals surface area contributed by atoms with Crippen LogP contribution in [0.5, 0.6) is 0 Å². The number of amides is 1. The molecule has 0 bridgehead atoms. The molecule has 0 radical (unpaired) electrons. The van der Waals surface area contributed by atoms with Gasteiger partial charge in [-0.2, -0.15) is 4.31 Å². The van der Waals surface area contributed by atoms with Crippen molar-refractivity contribution in [3.05, 3.63) is 30.3 Å². The van der Waals surface area contributed by atoms with Gasteiger partial charge in [-0.25, -0.2) is 8.42 Å². The molecule has 2 saturated heterocycles. The quantitative estimate of drug-likeness (QED) is 0.821. The highest BCUT2D eigenvalue weighted by Gasteiger charge is 2.40. The Morgan fingerprint density at radius 1 is 1.00 bits per heavy atom. The molecule has 1 saturated carbocycles. The first-order valence-corrected chi connectivity index (χ1v) is 11.1. The van der Waals surface area contributed by atoms with Gasteiger partial charge >= 0.3 is 0 Å². The maximum Gasteiger partial charge on any atom is 0.243 e. The molecule has 0 spiro atoms. The highest BCUT2D eigenvalue weighted by Crippen LogP contribution is 2.33. The number of sulfonamides is 1. The minimum absolute atomic E-state index is 0. The van der Waals surface area contributed by atoms with E-state index < -0.39 is 10.0 Å². The Morgan fingerprint density at radius 2 is 1.67 bits per heavy atom. The molecule has 2 heterocycles. The molecule has 3 fully saturated rings. The Bertz CT molecular complexity index is 737. The van der Waals surface area contributed by atoms with Crippen LogP contribution in [0.15, 0.2) is 35.2 Å². The van der Waals surface area contributed by atoms with Gasteiger partial charge in [0.2, 0.25) is 15.9 Å². The van der Waals surface area contributed by atoms with Crippen LogP contribution in [0.4, 0.5) is 0 Å². The van der Waals surface area contributed by atoms with Crippen molar-refractivity contribution in [1.82, 2.24) is 14.5 Å². The molecular formula is C19H28ClN3O3S. The smallest absolute Gasteiger partial charge is 0.243 e. The summed E-state index contributed by atoms with van der Waals surface area (Å²) < 4.78 is 26.9. The Hall–Kier alpha value is -1.15. The lowest BCUT2D eigenvalue weighted by Crippen LogP contribution is -2.54. The molecule has 27 heavy (non-hydrogen) atoms. The van der Waals surface area contributed by atoms with E-state index in [2.05, 4.69) is 5.32 Å². The Kier molecular flexibility index (Phi) is 6.46. The van der Waals surface area contributed by atoms with Crippen LogP contribution in [0, 0.1) is 5.92 Å². The molecular weight excluding hydrogens is 386 g/mol. The molecule has 6 nitrogen and oxygen atoms in total. The van der Waals surface area contributed by atoms with E-state index in [1.54, 1.807) is 24.3 Å². The van der Waals surface area contributed by atoms with Crippen molar-refractivity contribution in [2.24, 2.45) is 5.92 Å². The van der Waals surface area contributed by atoms with Crippen molar-refractivity contribution in [3.63, 3.8) is 0 Å². The van der Waals surface area contributed by atoms with Crippen LogP contribution in [-0.4, -0.2) is 61.8 Å². The molecule has 2 aliphatic heterocycles. The zero-order chi connectivity index (χ0) is 18.1. The zero-order valence-electron chi connectivity index (χ0n) is 15.4. The fraction of sp³-hybridized carbons (Fsp3) is 0.632. The first kappa shape index (κ1) is 20.6. The first-order chi connectivity index (χ1) is 12.6. The standard InChI is InChI=1S/C19H27N3O3S.ClH/c23-19(18-14-15-6-4-5-9-17(15)20-18)21-10-12-22(13-11-21)26(24,25)16-7-2-1-3-8-16;/h1-3,7-8,15,17-18,20H,4-6,9-14H2;1H. The zero-order valence-corrected chi connectivity index (χ0v) is 17.1. The number of carbonyl (C=O) groups excluding carboxylic acids is 1. The average Bonchev–Trinajstić information content (AvgIpc) is 3.12. The van der Waals surface area contributed by atoms with Crippen molar-refractivity contribution >= 4 is 28.3 Å². The molecule has 1 N–H and O–H groups in total. The number of nitrogens with zero attached hydrogens (tertiary/aromatic N) is 2. The van der Waals surface area contributed by atoms with Crippen molar-refractivity contribution in [1.29, 1.82) is 0 Å². The van der Waals surface area contributed by atoms with Gasteiger partial charge in [-0.15, -0.1) is 12.4 Å². The summed E-state index contributed by atoms with van der Waals surface area (Å²) in [5, 5.41) is 3.53. The topological polar surface area (TPSA) is 69.7 Å². The highest BCUT2D eigenvalue weighted by atomic mass is 35.5. The van der Waals surface area contributed by atoms with Crippen molar-refractivity contribution in [2.45, 2.75) is 49.1 Å². The summed E-state index contributed by atoms with van der Waals surface area (Å²) in [6, 6.07) is 8.93. The Balaban J connectivity index is 0.00000210. The SMILES string of the molecule is Cl.O=C(C1CC2CCCCC2N1)N1CCN(S(=O)(=O)c2ccccc2)CC1. The molecule has 1 aromatic carbocycles. The van der Waals surface area contributed by atoms with Crippen molar-refractivity contribution in [2.75, 3.05) is 26.2 Å². The molecule has 1 amide bonds. The third-order valence-corrected chi connectivity index (χ3v) is 8.01. The lowest BCUT2D eigenvalue weighted by atomic mass is 9.85. The first-order valence-electron chi connectivity index (χ1n) is 9.66. The Morgan fingerprint density at radius 3 is 2.33 bits per heavy atom. The van der Waals surface area contributed by atoms with E-state index in [0.29, 0.717) is 43.0 Å². The predicted octanol–water partition coefficient (Wildman–Crippen LogP) is 1.86. The van der Waals surface area contributed by atoms with Crippen molar-refractivity contribution < 1.29 is 13.2 Å². The number of benzene rings is 1. The van der Waals surface area contributed by atoms with Gasteiger partial charge < -0.3 is 10.2 Å². The normalized spacial score (nSPS) is 29.0. The molecule has 8 heteroatoms. The summed E-state index contributed by atoms with van der Waals surface area (Å²) in [4.78, 5) is 15.0. The van der Waals surface area contributed by atoms with Gasteiger partial charge in [0.25, 0.3) is 0 Å². The van der Waals surface area contributed by atoms with Crippen LogP contribution in [0.3, 0.4) is 0 Å². The molecule has 0 aromatic heterocycles. The van der Waals surface area contributed by atoms with E-state index >= 15 is 0 Å². The summed E-state index contributed by atoms with van der Waals surface area (Å²) in [6.07, 6.45) is 5.87. The fourth-order valence-corrected chi connectivity index (χ4v) is 6.06. The second-order valence-corrected chi connectivity index (χ2v) is 9.59. The third-order valence-electron chi connectivity index (χ3n) is 6.09. The number of rotatable bonds is 3. The number of carbonyl (C=O) groups is 1. The minimum Gasteiger partial charge on any atom is -0.339 e. The summed E-state index contributed by atoms with van der Waals surface area (Å²) >= 11 is 0. The number of hydrogen-bond acceptors (Lipinski definition) is 4. The van der Waals surface area contributed by atoms with Crippen LogP contribution in [-0.2, 0) is 14.8 Å². The number of halogens is 1. The van der Waals surface area contributed by atoms with Gasteiger partial charge in [-0.3, -0.25) is 4.79 Å². The van der Waals surface area contributed by atoms with E-state index in [9.17, 15) is 13.2 Å². The lowest BCUT2D eigenvalue weighted by Gasteiger charge is -2.35. The van der Waals surface area contributed by atoms with E-state index in [1.807, 2.05) is 11.0 Å². The fourth-order valence-electron chi connectivity index (χ4n) is 4.62. The maximum absolute atomic E-state index is 12.9. The molecule has 1 aromatic rings. The number of fused-ring (bicyclic) bond motifs is 1. The molecule has 4 rings (SSSR count). The predicted molar refractivity (Wildman–Crippen MR) is 106 cm³/mol. The second-order valence-electron chi connectivity index (χ2n) is 7.65.